The van der Waals surface area contributed by atoms with Crippen LogP contribution in [-0.4, -0.2) is 13.0 Å². The third-order valence-electron chi connectivity index (χ3n) is 2.85. The summed E-state index contributed by atoms with van der Waals surface area (Å²) in [5.41, 5.74) is 1.27. The van der Waals surface area contributed by atoms with Crippen molar-refractivity contribution in [1.29, 1.82) is 0 Å². The van der Waals surface area contributed by atoms with Crippen molar-refractivity contribution in [1.82, 2.24) is 10.6 Å². The highest BCUT2D eigenvalue weighted by atomic mass is 15.2. The summed E-state index contributed by atoms with van der Waals surface area (Å²) in [6.07, 6.45) is 1.92. The summed E-state index contributed by atoms with van der Waals surface area (Å²) in [6, 6.07) is 14.8. The molecule has 1 unspecified atom stereocenters. The van der Waals surface area contributed by atoms with E-state index in [4.69, 9.17) is 0 Å². The van der Waals surface area contributed by atoms with E-state index in [2.05, 4.69) is 58.1 Å². The molecule has 80 valence electrons. The summed E-state index contributed by atoms with van der Waals surface area (Å²) in [5, 5.41) is 9.10. The van der Waals surface area contributed by atoms with Crippen LogP contribution >= 0.6 is 0 Å². The minimum Gasteiger partial charge on any atom is -0.357 e. The first kappa shape index (κ1) is 9.36. The Labute approximate surface area is 94.2 Å². The number of rotatable bonds is 1. The van der Waals surface area contributed by atoms with Gasteiger partial charge in [-0.05, 0) is 16.3 Å². The lowest BCUT2D eigenvalue weighted by Gasteiger charge is -2.22. The van der Waals surface area contributed by atoms with Crippen molar-refractivity contribution in [3.8, 4) is 0 Å². The molecule has 1 heterocycles. The first-order valence-electron chi connectivity index (χ1n) is 5.40. The van der Waals surface area contributed by atoms with Crippen LogP contribution in [0.15, 0.2) is 47.5 Å². The summed E-state index contributed by atoms with van der Waals surface area (Å²) in [5.74, 6) is 0. The van der Waals surface area contributed by atoms with Gasteiger partial charge in [0.05, 0.1) is 13.0 Å². The molecule has 2 aromatic carbocycles. The fraction of sp³-hybridized carbons (Fsp3) is 0.154. The van der Waals surface area contributed by atoms with E-state index in [1.54, 1.807) is 6.34 Å². The molecule has 1 aliphatic rings. The van der Waals surface area contributed by atoms with Crippen LogP contribution in [0.2, 0.25) is 0 Å². The number of aliphatic imine (C=N–C) groups is 1. The fourth-order valence-corrected chi connectivity index (χ4v) is 2.08. The highest BCUT2D eigenvalue weighted by Gasteiger charge is 2.13. The van der Waals surface area contributed by atoms with Crippen molar-refractivity contribution in [2.45, 2.75) is 6.17 Å². The molecule has 0 saturated carbocycles. The van der Waals surface area contributed by atoms with Gasteiger partial charge >= 0.3 is 0 Å². The van der Waals surface area contributed by atoms with Gasteiger partial charge in [-0.1, -0.05) is 42.5 Å². The van der Waals surface area contributed by atoms with Crippen LogP contribution in [-0.2, 0) is 0 Å². The zero-order chi connectivity index (χ0) is 10.8. The molecule has 3 nitrogen and oxygen atoms in total. The molecule has 2 N–H and O–H groups in total. The highest BCUT2D eigenvalue weighted by Crippen LogP contribution is 2.23. The second-order valence-electron chi connectivity index (χ2n) is 3.84. The molecule has 0 amide bonds. The van der Waals surface area contributed by atoms with E-state index in [-0.39, 0.29) is 6.17 Å². The summed E-state index contributed by atoms with van der Waals surface area (Å²) >= 11 is 0. The van der Waals surface area contributed by atoms with Gasteiger partial charge in [-0.15, -0.1) is 0 Å². The zero-order valence-corrected chi connectivity index (χ0v) is 8.85. The predicted octanol–water partition coefficient (Wildman–Crippen LogP) is 2.02. The maximum absolute atomic E-state index is 4.09. The largest absolute Gasteiger partial charge is 0.357 e. The fourth-order valence-electron chi connectivity index (χ4n) is 2.08. The molecule has 3 rings (SSSR count). The molecular weight excluding hydrogens is 198 g/mol. The Balaban J connectivity index is 2.12. The molecule has 16 heavy (non-hydrogen) atoms. The average molecular weight is 211 g/mol. The lowest BCUT2D eigenvalue weighted by Crippen LogP contribution is -2.37. The molecule has 3 heteroatoms. The molecule has 0 bridgehead atoms. The number of nitrogens with zero attached hydrogens (tertiary/aromatic N) is 1. The number of nitrogens with one attached hydrogen (secondary N) is 2. The molecule has 1 aliphatic heterocycles. The Morgan fingerprint density at radius 3 is 2.81 bits per heavy atom. The Hall–Kier alpha value is -1.87. The number of hydrogen-bond donors (Lipinski definition) is 2. The topological polar surface area (TPSA) is 36.4 Å². The minimum absolute atomic E-state index is 0.156. The highest BCUT2D eigenvalue weighted by molar-refractivity contribution is 5.86. The van der Waals surface area contributed by atoms with Gasteiger partial charge in [-0.25, -0.2) is 0 Å². The van der Waals surface area contributed by atoms with Gasteiger partial charge in [0, 0.05) is 0 Å². The predicted molar refractivity (Wildman–Crippen MR) is 66.3 cm³/mol. The van der Waals surface area contributed by atoms with E-state index in [9.17, 15) is 0 Å². The van der Waals surface area contributed by atoms with Crippen LogP contribution in [0.5, 0.6) is 0 Å². The van der Waals surface area contributed by atoms with E-state index < -0.39 is 0 Å². The molecule has 0 aliphatic carbocycles. The molecular formula is C13H13N3. The van der Waals surface area contributed by atoms with Crippen molar-refractivity contribution in [3.63, 3.8) is 0 Å². The van der Waals surface area contributed by atoms with Crippen molar-refractivity contribution in [2.75, 3.05) is 6.67 Å². The summed E-state index contributed by atoms with van der Waals surface area (Å²) in [6.45, 7) is 0.668. The third-order valence-corrected chi connectivity index (χ3v) is 2.85. The van der Waals surface area contributed by atoms with Gasteiger partial charge < -0.3 is 5.32 Å². The van der Waals surface area contributed by atoms with E-state index in [0.717, 1.165) is 0 Å². The second-order valence-corrected chi connectivity index (χ2v) is 3.84. The molecule has 0 aromatic heterocycles. The number of hydrogen-bond acceptors (Lipinski definition) is 3. The van der Waals surface area contributed by atoms with Gasteiger partial charge in [0.2, 0.25) is 0 Å². The lowest BCUT2D eigenvalue weighted by molar-refractivity contribution is 0.502. The average Bonchev–Trinajstić information content (AvgIpc) is 2.39. The Morgan fingerprint density at radius 2 is 1.94 bits per heavy atom. The molecule has 0 radical (unpaired) electrons. The Kier molecular flexibility index (Phi) is 2.31. The Morgan fingerprint density at radius 1 is 1.06 bits per heavy atom. The molecule has 2 aromatic rings. The normalized spacial score (nSPS) is 19.6. The summed E-state index contributed by atoms with van der Waals surface area (Å²) < 4.78 is 0. The minimum atomic E-state index is 0.156. The molecule has 0 spiro atoms. The van der Waals surface area contributed by atoms with Crippen molar-refractivity contribution >= 4 is 17.1 Å². The first-order valence-corrected chi connectivity index (χ1v) is 5.40. The quantitative estimate of drug-likeness (QED) is 0.757. The lowest BCUT2D eigenvalue weighted by atomic mass is 10.0. The van der Waals surface area contributed by atoms with Crippen molar-refractivity contribution in [3.05, 3.63) is 48.0 Å². The van der Waals surface area contributed by atoms with Crippen molar-refractivity contribution in [2.24, 2.45) is 4.99 Å². The second kappa shape index (κ2) is 3.94. The van der Waals surface area contributed by atoms with Gasteiger partial charge in [0.25, 0.3) is 0 Å². The van der Waals surface area contributed by atoms with Gasteiger partial charge in [-0.2, -0.15) is 0 Å². The van der Waals surface area contributed by atoms with E-state index >= 15 is 0 Å². The van der Waals surface area contributed by atoms with Crippen LogP contribution in [0, 0.1) is 0 Å². The summed E-state index contributed by atoms with van der Waals surface area (Å²) in [4.78, 5) is 4.09. The number of benzene rings is 2. The monoisotopic (exact) mass is 211 g/mol. The SMILES string of the molecule is C1=NCNC(c2cccc3ccccc23)N1. The van der Waals surface area contributed by atoms with Crippen LogP contribution < -0.4 is 10.6 Å². The summed E-state index contributed by atoms with van der Waals surface area (Å²) in [7, 11) is 0. The van der Waals surface area contributed by atoms with E-state index in [1.165, 1.54) is 16.3 Å². The standard InChI is InChI=1S/C13H13N3/c1-2-6-11-10(4-1)5-3-7-12(11)13-15-8-14-9-16-13/h1-8,13,16H,9H2,(H,14,15). The van der Waals surface area contributed by atoms with Crippen LogP contribution in [0.3, 0.4) is 0 Å². The number of fused-ring (bicyclic) bond motifs is 1. The smallest absolute Gasteiger partial charge is 0.106 e. The van der Waals surface area contributed by atoms with E-state index in [1.807, 2.05) is 0 Å². The zero-order valence-electron chi connectivity index (χ0n) is 8.85. The maximum Gasteiger partial charge on any atom is 0.106 e. The first-order chi connectivity index (χ1) is 7.95. The molecule has 0 fully saturated rings. The van der Waals surface area contributed by atoms with Crippen LogP contribution in [0.1, 0.15) is 11.7 Å². The van der Waals surface area contributed by atoms with Crippen molar-refractivity contribution < 1.29 is 0 Å². The van der Waals surface area contributed by atoms with Crippen LogP contribution in [0.25, 0.3) is 10.8 Å². The van der Waals surface area contributed by atoms with Gasteiger partial charge in [0.15, 0.2) is 0 Å². The maximum atomic E-state index is 4.09. The Bertz CT molecular complexity index is 528. The van der Waals surface area contributed by atoms with Gasteiger partial charge in [-0.3, -0.25) is 10.3 Å². The van der Waals surface area contributed by atoms with E-state index in [0.29, 0.717) is 6.67 Å². The third kappa shape index (κ3) is 1.55. The molecule has 1 atom stereocenters. The van der Waals surface area contributed by atoms with Gasteiger partial charge in [0.1, 0.15) is 6.17 Å². The van der Waals surface area contributed by atoms with Crippen LogP contribution in [0.4, 0.5) is 0 Å². The molecule has 0 saturated heterocycles.